The van der Waals surface area contributed by atoms with Gasteiger partial charge in [-0.3, -0.25) is 0 Å². The fourth-order valence-corrected chi connectivity index (χ4v) is 1.87. The Bertz CT molecular complexity index is 451. The Kier molecular flexibility index (Phi) is 3.57. The number of hydrogen-bond donors (Lipinski definition) is 0. The van der Waals surface area contributed by atoms with Gasteiger partial charge in [-0.2, -0.15) is 0 Å². The molecular weight excluding hydrogens is 222 g/mol. The summed E-state index contributed by atoms with van der Waals surface area (Å²) in [5.41, 5.74) is 1.32. The molecule has 0 aliphatic heterocycles. The van der Waals surface area contributed by atoms with Gasteiger partial charge in [-0.05, 0) is 12.0 Å². The molecule has 0 N–H and O–H groups in total. The molecular formula is C12H14ClN3. The van der Waals surface area contributed by atoms with Crippen molar-refractivity contribution in [3.8, 4) is 0 Å². The lowest BCUT2D eigenvalue weighted by Gasteiger charge is -2.02. The molecule has 1 heterocycles. The van der Waals surface area contributed by atoms with Gasteiger partial charge >= 0.3 is 0 Å². The molecule has 0 radical (unpaired) electrons. The highest BCUT2D eigenvalue weighted by Gasteiger charge is 2.06. The van der Waals surface area contributed by atoms with E-state index in [0.29, 0.717) is 5.88 Å². The van der Waals surface area contributed by atoms with Gasteiger partial charge in [-0.25, -0.2) is 0 Å². The maximum absolute atomic E-state index is 5.74. The summed E-state index contributed by atoms with van der Waals surface area (Å²) >= 11 is 5.74. The van der Waals surface area contributed by atoms with Crippen LogP contribution in [0.25, 0.3) is 0 Å². The summed E-state index contributed by atoms with van der Waals surface area (Å²) in [7, 11) is 1.96. The molecule has 3 nitrogen and oxygen atoms in total. The van der Waals surface area contributed by atoms with Crippen LogP contribution in [-0.2, 0) is 25.8 Å². The molecule has 2 aromatic rings. The minimum Gasteiger partial charge on any atom is -0.317 e. The molecule has 84 valence electrons. The van der Waals surface area contributed by atoms with Crippen molar-refractivity contribution < 1.29 is 0 Å². The van der Waals surface area contributed by atoms with Crippen LogP contribution in [0, 0.1) is 0 Å². The van der Waals surface area contributed by atoms with Crippen LogP contribution in [-0.4, -0.2) is 14.8 Å². The molecule has 0 saturated carbocycles. The number of rotatable bonds is 4. The molecule has 0 amide bonds. The van der Waals surface area contributed by atoms with E-state index >= 15 is 0 Å². The highest BCUT2D eigenvalue weighted by molar-refractivity contribution is 6.16. The van der Waals surface area contributed by atoms with Gasteiger partial charge in [0.15, 0.2) is 0 Å². The van der Waals surface area contributed by atoms with E-state index in [0.717, 1.165) is 24.5 Å². The second-order valence-corrected chi connectivity index (χ2v) is 3.98. The van der Waals surface area contributed by atoms with E-state index in [1.807, 2.05) is 17.7 Å². The van der Waals surface area contributed by atoms with Crippen molar-refractivity contribution in [2.24, 2.45) is 7.05 Å². The number of benzene rings is 1. The van der Waals surface area contributed by atoms with E-state index in [9.17, 15) is 0 Å². The fraction of sp³-hybridized carbons (Fsp3) is 0.333. The number of halogens is 1. The maximum Gasteiger partial charge on any atom is 0.147 e. The third-order valence-corrected chi connectivity index (χ3v) is 2.89. The van der Waals surface area contributed by atoms with Gasteiger partial charge < -0.3 is 4.57 Å². The van der Waals surface area contributed by atoms with Gasteiger partial charge in [-0.1, -0.05) is 30.3 Å². The molecule has 0 saturated heterocycles. The fourth-order valence-electron chi connectivity index (χ4n) is 1.63. The average Bonchev–Trinajstić information content (AvgIpc) is 2.69. The SMILES string of the molecule is Cn1c(CCl)nnc1CCc1ccccc1. The molecule has 16 heavy (non-hydrogen) atoms. The van der Waals surface area contributed by atoms with Crippen molar-refractivity contribution in [2.45, 2.75) is 18.7 Å². The van der Waals surface area contributed by atoms with Crippen LogP contribution in [0.2, 0.25) is 0 Å². The molecule has 0 aliphatic carbocycles. The predicted molar refractivity (Wildman–Crippen MR) is 64.4 cm³/mol. The van der Waals surface area contributed by atoms with E-state index in [1.165, 1.54) is 5.56 Å². The third-order valence-electron chi connectivity index (χ3n) is 2.65. The zero-order valence-corrected chi connectivity index (χ0v) is 9.98. The van der Waals surface area contributed by atoms with E-state index in [2.05, 4.69) is 34.5 Å². The van der Waals surface area contributed by atoms with E-state index in [4.69, 9.17) is 11.6 Å². The van der Waals surface area contributed by atoms with Crippen LogP contribution in [0.1, 0.15) is 17.2 Å². The third kappa shape index (κ3) is 2.42. The first-order valence-corrected chi connectivity index (χ1v) is 5.81. The Morgan fingerprint density at radius 2 is 1.75 bits per heavy atom. The van der Waals surface area contributed by atoms with Gasteiger partial charge in [0.25, 0.3) is 0 Å². The first-order valence-electron chi connectivity index (χ1n) is 5.28. The second kappa shape index (κ2) is 5.12. The summed E-state index contributed by atoms with van der Waals surface area (Å²) in [4.78, 5) is 0. The minimum absolute atomic E-state index is 0.412. The van der Waals surface area contributed by atoms with Crippen molar-refractivity contribution in [1.82, 2.24) is 14.8 Å². The number of aryl methyl sites for hydroxylation is 2. The van der Waals surface area contributed by atoms with Gasteiger partial charge in [-0.15, -0.1) is 21.8 Å². The standard InChI is InChI=1S/C12H14ClN3/c1-16-11(14-15-12(16)9-13)8-7-10-5-3-2-4-6-10/h2-6H,7-9H2,1H3. The van der Waals surface area contributed by atoms with Crippen LogP contribution < -0.4 is 0 Å². The monoisotopic (exact) mass is 235 g/mol. The van der Waals surface area contributed by atoms with Crippen LogP contribution in [0.4, 0.5) is 0 Å². The van der Waals surface area contributed by atoms with E-state index in [-0.39, 0.29) is 0 Å². The van der Waals surface area contributed by atoms with Gasteiger partial charge in [0, 0.05) is 13.5 Å². The summed E-state index contributed by atoms with van der Waals surface area (Å²) in [5.74, 6) is 2.22. The first-order chi connectivity index (χ1) is 7.81. The van der Waals surface area contributed by atoms with Crippen LogP contribution in [0.5, 0.6) is 0 Å². The molecule has 0 unspecified atom stereocenters. The number of nitrogens with zero attached hydrogens (tertiary/aromatic N) is 3. The lowest BCUT2D eigenvalue weighted by atomic mass is 10.1. The van der Waals surface area contributed by atoms with Crippen molar-refractivity contribution in [3.05, 3.63) is 47.5 Å². The number of aromatic nitrogens is 3. The smallest absolute Gasteiger partial charge is 0.147 e. The predicted octanol–water partition coefficient (Wildman–Crippen LogP) is 2.34. The van der Waals surface area contributed by atoms with E-state index < -0.39 is 0 Å². The summed E-state index contributed by atoms with van der Waals surface area (Å²) in [6.07, 6.45) is 1.87. The highest BCUT2D eigenvalue weighted by atomic mass is 35.5. The van der Waals surface area contributed by atoms with Gasteiger partial charge in [0.2, 0.25) is 0 Å². The largest absolute Gasteiger partial charge is 0.317 e. The zero-order valence-electron chi connectivity index (χ0n) is 9.23. The summed E-state index contributed by atoms with van der Waals surface area (Å²) < 4.78 is 1.97. The molecule has 4 heteroatoms. The number of hydrogen-bond acceptors (Lipinski definition) is 2. The van der Waals surface area contributed by atoms with E-state index in [1.54, 1.807) is 0 Å². The quantitative estimate of drug-likeness (QED) is 0.762. The molecule has 0 spiro atoms. The highest BCUT2D eigenvalue weighted by Crippen LogP contribution is 2.07. The zero-order chi connectivity index (χ0) is 11.4. The lowest BCUT2D eigenvalue weighted by Crippen LogP contribution is -2.02. The van der Waals surface area contributed by atoms with Crippen LogP contribution in [0.3, 0.4) is 0 Å². The Balaban J connectivity index is 2.02. The van der Waals surface area contributed by atoms with Gasteiger partial charge in [0.05, 0.1) is 5.88 Å². The minimum atomic E-state index is 0.412. The molecule has 0 aliphatic rings. The average molecular weight is 236 g/mol. The lowest BCUT2D eigenvalue weighted by molar-refractivity contribution is 0.752. The summed E-state index contributed by atoms with van der Waals surface area (Å²) in [6.45, 7) is 0. The normalized spacial score (nSPS) is 10.6. The Morgan fingerprint density at radius 1 is 1.06 bits per heavy atom. The maximum atomic E-state index is 5.74. The van der Waals surface area contributed by atoms with Gasteiger partial charge in [0.1, 0.15) is 11.6 Å². The van der Waals surface area contributed by atoms with Crippen molar-refractivity contribution >= 4 is 11.6 Å². The summed E-state index contributed by atoms with van der Waals surface area (Å²) in [6, 6.07) is 10.4. The van der Waals surface area contributed by atoms with Crippen LogP contribution in [0.15, 0.2) is 30.3 Å². The molecule has 0 bridgehead atoms. The topological polar surface area (TPSA) is 30.7 Å². The number of alkyl halides is 1. The molecule has 1 aromatic heterocycles. The molecule has 2 rings (SSSR count). The molecule has 0 atom stereocenters. The second-order valence-electron chi connectivity index (χ2n) is 3.71. The van der Waals surface area contributed by atoms with Crippen LogP contribution >= 0.6 is 11.6 Å². The first kappa shape index (κ1) is 11.1. The Labute approximate surface area is 100 Å². The van der Waals surface area contributed by atoms with Crippen molar-refractivity contribution in [2.75, 3.05) is 0 Å². The molecule has 0 fully saturated rings. The van der Waals surface area contributed by atoms with Crippen molar-refractivity contribution in [1.29, 1.82) is 0 Å². The summed E-state index contributed by atoms with van der Waals surface area (Å²) in [5, 5.41) is 8.16. The molecule has 1 aromatic carbocycles. The Hall–Kier alpha value is -1.35. The Morgan fingerprint density at radius 3 is 2.38 bits per heavy atom. The van der Waals surface area contributed by atoms with Crippen molar-refractivity contribution in [3.63, 3.8) is 0 Å².